The first-order valence-electron chi connectivity index (χ1n) is 9.17. The lowest BCUT2D eigenvalue weighted by atomic mass is 10.2. The van der Waals surface area contributed by atoms with E-state index in [4.69, 9.17) is 0 Å². The van der Waals surface area contributed by atoms with Crippen LogP contribution < -0.4 is 5.32 Å². The predicted octanol–water partition coefficient (Wildman–Crippen LogP) is 5.20. The van der Waals surface area contributed by atoms with Crippen LogP contribution in [0.1, 0.15) is 16.8 Å². The topological polar surface area (TPSA) is 37.3 Å². The molecule has 0 saturated carbocycles. The van der Waals surface area contributed by atoms with Crippen LogP contribution in [-0.4, -0.2) is 22.0 Å². The lowest BCUT2D eigenvalue weighted by Gasteiger charge is -2.23. The van der Waals surface area contributed by atoms with Crippen molar-refractivity contribution >= 4 is 11.7 Å². The zero-order chi connectivity index (χ0) is 19.9. The van der Waals surface area contributed by atoms with Crippen molar-refractivity contribution < 1.29 is 9.18 Å². The fourth-order valence-corrected chi connectivity index (χ4v) is 2.94. The third-order valence-electron chi connectivity index (χ3n) is 4.48. The van der Waals surface area contributed by atoms with Gasteiger partial charge in [-0.15, -0.1) is 6.58 Å². The first kappa shape index (κ1) is 19.4. The summed E-state index contributed by atoms with van der Waals surface area (Å²) in [6, 6.07) is 17.9. The zero-order valence-electron chi connectivity index (χ0n) is 15.9. The Kier molecular flexibility index (Phi) is 6.27. The highest BCUT2D eigenvalue weighted by Gasteiger charge is 2.15. The Bertz CT molecular complexity index is 929. The molecule has 28 heavy (non-hydrogen) atoms. The fourth-order valence-electron chi connectivity index (χ4n) is 2.94. The Morgan fingerprint density at radius 3 is 2.54 bits per heavy atom. The maximum atomic E-state index is 13.1. The Hall–Kier alpha value is -3.34. The molecule has 3 aromatic rings. The van der Waals surface area contributed by atoms with Gasteiger partial charge in [0.15, 0.2) is 0 Å². The summed E-state index contributed by atoms with van der Waals surface area (Å²) in [6.45, 7) is 7.26. The van der Waals surface area contributed by atoms with Crippen molar-refractivity contribution in [2.24, 2.45) is 0 Å². The fraction of sp³-hybridized carbons (Fsp3) is 0.174. The number of hydrogen-bond donors (Lipinski definition) is 1. The molecule has 2 amide bonds. The van der Waals surface area contributed by atoms with Gasteiger partial charge in [0.1, 0.15) is 5.82 Å². The second-order valence-electron chi connectivity index (χ2n) is 6.72. The van der Waals surface area contributed by atoms with Crippen LogP contribution >= 0.6 is 0 Å². The number of benzene rings is 2. The van der Waals surface area contributed by atoms with E-state index in [1.165, 1.54) is 12.1 Å². The molecule has 0 aliphatic heterocycles. The van der Waals surface area contributed by atoms with Crippen molar-refractivity contribution in [3.8, 4) is 0 Å². The minimum atomic E-state index is -0.249. The van der Waals surface area contributed by atoms with Crippen molar-refractivity contribution in [3.05, 3.63) is 102 Å². The number of nitrogens with one attached hydrogen (secondary N) is 1. The van der Waals surface area contributed by atoms with Crippen LogP contribution in [0, 0.1) is 12.7 Å². The largest absolute Gasteiger partial charge is 0.345 e. The third-order valence-corrected chi connectivity index (χ3v) is 4.48. The summed E-state index contributed by atoms with van der Waals surface area (Å²) in [4.78, 5) is 14.4. The molecule has 3 rings (SSSR count). The minimum Gasteiger partial charge on any atom is -0.345 e. The number of amides is 2. The molecule has 1 heterocycles. The SMILES string of the molecule is C=CCN(Cc1cccn1Cc1ccc(F)cc1)C(=O)Nc1ccc(C)cc1. The Labute approximate surface area is 164 Å². The Balaban J connectivity index is 1.71. The summed E-state index contributed by atoms with van der Waals surface area (Å²) < 4.78 is 15.2. The summed E-state index contributed by atoms with van der Waals surface area (Å²) in [7, 11) is 0. The number of urea groups is 1. The molecule has 0 atom stereocenters. The molecule has 0 aliphatic rings. The maximum Gasteiger partial charge on any atom is 0.322 e. The lowest BCUT2D eigenvalue weighted by molar-refractivity contribution is 0.214. The summed E-state index contributed by atoms with van der Waals surface area (Å²) in [5.74, 6) is -0.249. The van der Waals surface area contributed by atoms with Gasteiger partial charge in [-0.25, -0.2) is 9.18 Å². The number of aromatic nitrogens is 1. The average Bonchev–Trinajstić information content (AvgIpc) is 3.12. The van der Waals surface area contributed by atoms with Gasteiger partial charge in [-0.1, -0.05) is 35.9 Å². The number of aryl methyl sites for hydroxylation is 1. The molecular formula is C23H24FN3O. The number of rotatable bonds is 7. The Morgan fingerprint density at radius 2 is 1.86 bits per heavy atom. The van der Waals surface area contributed by atoms with Gasteiger partial charge >= 0.3 is 6.03 Å². The summed E-state index contributed by atoms with van der Waals surface area (Å²) >= 11 is 0. The van der Waals surface area contributed by atoms with Crippen molar-refractivity contribution in [3.63, 3.8) is 0 Å². The number of carbonyl (C=O) groups excluding carboxylic acids is 1. The monoisotopic (exact) mass is 377 g/mol. The van der Waals surface area contributed by atoms with Crippen LogP contribution in [0.2, 0.25) is 0 Å². The zero-order valence-corrected chi connectivity index (χ0v) is 15.9. The van der Waals surface area contributed by atoms with Gasteiger partial charge in [0, 0.05) is 30.7 Å². The number of hydrogen-bond acceptors (Lipinski definition) is 1. The number of halogens is 1. The first-order valence-corrected chi connectivity index (χ1v) is 9.17. The highest BCUT2D eigenvalue weighted by Crippen LogP contribution is 2.14. The molecule has 2 aromatic carbocycles. The summed E-state index contributed by atoms with van der Waals surface area (Å²) in [5, 5.41) is 2.93. The van der Waals surface area contributed by atoms with Crippen LogP contribution in [0.4, 0.5) is 14.9 Å². The molecule has 0 radical (unpaired) electrons. The van der Waals surface area contributed by atoms with E-state index in [1.807, 2.05) is 49.5 Å². The van der Waals surface area contributed by atoms with Crippen LogP contribution in [0.5, 0.6) is 0 Å². The van der Waals surface area contributed by atoms with Crippen LogP contribution in [-0.2, 0) is 13.1 Å². The van der Waals surface area contributed by atoms with Gasteiger partial charge in [-0.05, 0) is 48.9 Å². The van der Waals surface area contributed by atoms with E-state index in [-0.39, 0.29) is 11.8 Å². The van der Waals surface area contributed by atoms with Crippen LogP contribution in [0.25, 0.3) is 0 Å². The maximum absolute atomic E-state index is 13.1. The normalized spacial score (nSPS) is 10.5. The quantitative estimate of drug-likeness (QED) is 0.564. The van der Waals surface area contributed by atoms with E-state index in [2.05, 4.69) is 16.5 Å². The molecule has 1 N–H and O–H groups in total. The molecule has 0 bridgehead atoms. The minimum absolute atomic E-state index is 0.182. The molecule has 4 nitrogen and oxygen atoms in total. The average molecular weight is 377 g/mol. The second-order valence-corrected chi connectivity index (χ2v) is 6.72. The predicted molar refractivity (Wildman–Crippen MR) is 111 cm³/mol. The summed E-state index contributed by atoms with van der Waals surface area (Å²) in [5.41, 5.74) is 3.88. The molecule has 0 unspecified atom stereocenters. The van der Waals surface area contributed by atoms with Gasteiger partial charge in [-0.2, -0.15) is 0 Å². The molecule has 0 aliphatic carbocycles. The van der Waals surface area contributed by atoms with Crippen LogP contribution in [0.3, 0.4) is 0 Å². The molecular weight excluding hydrogens is 353 g/mol. The molecule has 0 saturated heterocycles. The molecule has 0 fully saturated rings. The first-order chi connectivity index (χ1) is 13.5. The van der Waals surface area contributed by atoms with Crippen molar-refractivity contribution in [2.45, 2.75) is 20.0 Å². The van der Waals surface area contributed by atoms with E-state index in [0.717, 1.165) is 22.5 Å². The van der Waals surface area contributed by atoms with E-state index < -0.39 is 0 Å². The van der Waals surface area contributed by atoms with Gasteiger partial charge in [-0.3, -0.25) is 0 Å². The number of anilines is 1. The van der Waals surface area contributed by atoms with Crippen molar-refractivity contribution in [1.82, 2.24) is 9.47 Å². The standard InChI is InChI=1S/C23H24FN3O/c1-3-14-27(23(28)25-21-12-6-18(2)7-13-21)17-22-5-4-15-26(22)16-19-8-10-20(24)11-9-19/h3-13,15H,1,14,16-17H2,2H3,(H,25,28). The smallest absolute Gasteiger partial charge is 0.322 e. The van der Waals surface area contributed by atoms with E-state index in [1.54, 1.807) is 23.1 Å². The third kappa shape index (κ3) is 5.10. The van der Waals surface area contributed by atoms with E-state index >= 15 is 0 Å². The van der Waals surface area contributed by atoms with E-state index in [0.29, 0.717) is 19.6 Å². The summed E-state index contributed by atoms with van der Waals surface area (Å²) in [6.07, 6.45) is 3.67. The van der Waals surface area contributed by atoms with Gasteiger partial charge in [0.05, 0.1) is 6.54 Å². The second kappa shape index (κ2) is 9.04. The van der Waals surface area contributed by atoms with E-state index in [9.17, 15) is 9.18 Å². The lowest BCUT2D eigenvalue weighted by Crippen LogP contribution is -2.35. The van der Waals surface area contributed by atoms with Crippen LogP contribution in [0.15, 0.2) is 79.5 Å². The van der Waals surface area contributed by atoms with Gasteiger partial charge < -0.3 is 14.8 Å². The highest BCUT2D eigenvalue weighted by atomic mass is 19.1. The number of nitrogens with zero attached hydrogens (tertiary/aromatic N) is 2. The molecule has 0 spiro atoms. The molecule has 144 valence electrons. The van der Waals surface area contributed by atoms with Crippen molar-refractivity contribution in [1.29, 1.82) is 0 Å². The van der Waals surface area contributed by atoms with Gasteiger partial charge in [0.25, 0.3) is 0 Å². The number of carbonyl (C=O) groups is 1. The molecule has 1 aromatic heterocycles. The van der Waals surface area contributed by atoms with Gasteiger partial charge in [0.2, 0.25) is 0 Å². The Morgan fingerprint density at radius 1 is 1.14 bits per heavy atom. The van der Waals surface area contributed by atoms with Crippen molar-refractivity contribution in [2.75, 3.05) is 11.9 Å². The highest BCUT2D eigenvalue weighted by molar-refractivity contribution is 5.89. The molecule has 5 heteroatoms.